The number of rotatable bonds is 4. The van der Waals surface area contributed by atoms with Crippen molar-refractivity contribution in [2.45, 2.75) is 18.9 Å². The fourth-order valence-electron chi connectivity index (χ4n) is 3.69. The molecule has 2 aromatic rings. The average molecular weight is 370 g/mol. The summed E-state index contributed by atoms with van der Waals surface area (Å²) in [7, 11) is 1.81. The molecule has 0 saturated carbocycles. The van der Waals surface area contributed by atoms with Gasteiger partial charge in [-0.2, -0.15) is 5.10 Å². The highest BCUT2D eigenvalue weighted by atomic mass is 19.1. The minimum atomic E-state index is -0.287. The first-order chi connectivity index (χ1) is 13.0. The van der Waals surface area contributed by atoms with Gasteiger partial charge in [0, 0.05) is 50.8 Å². The molecule has 3 heterocycles. The fraction of sp³-hybridized carbons (Fsp3) is 0.421. The van der Waals surface area contributed by atoms with Gasteiger partial charge in [-0.1, -0.05) is 0 Å². The summed E-state index contributed by atoms with van der Waals surface area (Å²) in [5.74, 6) is 0.416. The largest absolute Gasteiger partial charge is 0.370 e. The van der Waals surface area contributed by atoms with Crippen molar-refractivity contribution >= 4 is 11.9 Å². The number of carbonyl (C=O) groups is 1. The number of carbonyl (C=O) groups excluding carboxylic acids is 1. The van der Waals surface area contributed by atoms with Crippen LogP contribution in [0.5, 0.6) is 0 Å². The van der Waals surface area contributed by atoms with E-state index >= 15 is 0 Å². The van der Waals surface area contributed by atoms with Crippen LogP contribution in [0.15, 0.2) is 41.7 Å². The number of aromatic nitrogens is 2. The molecule has 1 amide bonds. The van der Waals surface area contributed by atoms with Crippen molar-refractivity contribution in [2.75, 3.05) is 26.7 Å². The molecule has 0 spiro atoms. The summed E-state index contributed by atoms with van der Waals surface area (Å²) in [5.41, 5.74) is 7.74. The van der Waals surface area contributed by atoms with Crippen LogP contribution in [0.1, 0.15) is 24.4 Å². The monoisotopic (exact) mass is 370 g/mol. The van der Waals surface area contributed by atoms with E-state index in [0.29, 0.717) is 18.9 Å². The molecule has 2 aliphatic heterocycles. The number of nitrogens with zero attached hydrogens (tertiary/aromatic N) is 5. The molecule has 0 radical (unpaired) electrons. The molecule has 1 aromatic heterocycles. The molecule has 2 aliphatic rings. The summed E-state index contributed by atoms with van der Waals surface area (Å²) in [6, 6.07) is 6.05. The lowest BCUT2D eigenvalue weighted by atomic mass is 9.96. The second kappa shape index (κ2) is 7.02. The summed E-state index contributed by atoms with van der Waals surface area (Å²) in [6.07, 6.45) is 5.24. The Balaban J connectivity index is 1.54. The minimum absolute atomic E-state index is 0.0493. The van der Waals surface area contributed by atoms with Crippen molar-refractivity contribution in [1.82, 2.24) is 19.6 Å². The summed E-state index contributed by atoms with van der Waals surface area (Å²) in [6.45, 7) is 2.41. The standard InChI is InChI=1S/C19H23FN6O/c1-24-17(27)9-13(10-22-19(21)25-7-2-8-25)18(24)14-11-23-26(12-14)16-5-3-15(20)4-6-16/h3-6,11-13,18H,2,7-10H2,1H3,(H2,21,22)/t13-,18+/m0/s1. The van der Waals surface area contributed by atoms with Gasteiger partial charge in [-0.3, -0.25) is 9.79 Å². The van der Waals surface area contributed by atoms with Crippen molar-refractivity contribution in [3.63, 3.8) is 0 Å². The molecule has 2 saturated heterocycles. The van der Waals surface area contributed by atoms with Gasteiger partial charge in [-0.15, -0.1) is 0 Å². The predicted octanol–water partition coefficient (Wildman–Crippen LogP) is 1.55. The zero-order chi connectivity index (χ0) is 19.0. The van der Waals surface area contributed by atoms with Crippen LogP contribution in [0.2, 0.25) is 0 Å². The predicted molar refractivity (Wildman–Crippen MR) is 99.8 cm³/mol. The normalized spacial score (nSPS) is 23.0. The van der Waals surface area contributed by atoms with Crippen molar-refractivity contribution in [2.24, 2.45) is 16.6 Å². The third-order valence-corrected chi connectivity index (χ3v) is 5.40. The van der Waals surface area contributed by atoms with E-state index in [2.05, 4.69) is 10.1 Å². The molecule has 2 fully saturated rings. The van der Waals surface area contributed by atoms with E-state index < -0.39 is 0 Å². The highest BCUT2D eigenvalue weighted by molar-refractivity contribution is 5.80. The Hall–Kier alpha value is -2.90. The van der Waals surface area contributed by atoms with Crippen LogP contribution >= 0.6 is 0 Å². The van der Waals surface area contributed by atoms with E-state index in [1.807, 2.05) is 18.1 Å². The molecule has 7 nitrogen and oxygen atoms in total. The Morgan fingerprint density at radius 1 is 1.33 bits per heavy atom. The average Bonchev–Trinajstić information content (AvgIpc) is 3.17. The van der Waals surface area contributed by atoms with Crippen LogP contribution < -0.4 is 5.73 Å². The SMILES string of the molecule is CN1C(=O)C[C@@H](CN=C(N)N2CCC2)[C@@H]1c1cnn(-c2ccc(F)cc2)c1. The van der Waals surface area contributed by atoms with Gasteiger partial charge in [0.05, 0.1) is 17.9 Å². The molecule has 0 bridgehead atoms. The number of likely N-dealkylation sites (tertiary alicyclic amines) is 2. The third-order valence-electron chi connectivity index (χ3n) is 5.40. The number of hydrogen-bond donors (Lipinski definition) is 1. The maximum Gasteiger partial charge on any atom is 0.223 e. The van der Waals surface area contributed by atoms with E-state index in [9.17, 15) is 9.18 Å². The second-order valence-corrected chi connectivity index (χ2v) is 7.15. The van der Waals surface area contributed by atoms with E-state index in [1.54, 1.807) is 27.9 Å². The van der Waals surface area contributed by atoms with E-state index in [-0.39, 0.29) is 23.7 Å². The minimum Gasteiger partial charge on any atom is -0.370 e. The number of amides is 1. The molecule has 4 rings (SSSR count). The second-order valence-electron chi connectivity index (χ2n) is 7.15. The summed E-state index contributed by atoms with van der Waals surface area (Å²) < 4.78 is 14.8. The zero-order valence-corrected chi connectivity index (χ0v) is 15.3. The Morgan fingerprint density at radius 2 is 2.07 bits per heavy atom. The van der Waals surface area contributed by atoms with Crippen LogP contribution in [0, 0.1) is 11.7 Å². The topological polar surface area (TPSA) is 79.8 Å². The van der Waals surface area contributed by atoms with Crippen molar-refractivity contribution in [1.29, 1.82) is 0 Å². The Kier molecular flexibility index (Phi) is 4.55. The summed E-state index contributed by atoms with van der Waals surface area (Å²) in [4.78, 5) is 20.6. The van der Waals surface area contributed by atoms with Crippen LogP contribution in [-0.4, -0.2) is 58.1 Å². The fourth-order valence-corrected chi connectivity index (χ4v) is 3.69. The molecule has 2 N–H and O–H groups in total. The van der Waals surface area contributed by atoms with Crippen LogP contribution in [0.25, 0.3) is 5.69 Å². The molecule has 1 aromatic carbocycles. The molecular formula is C19H23FN6O. The maximum absolute atomic E-state index is 13.1. The molecule has 8 heteroatoms. The van der Waals surface area contributed by atoms with E-state index in [0.717, 1.165) is 30.8 Å². The molecule has 27 heavy (non-hydrogen) atoms. The molecule has 2 atom stereocenters. The number of halogens is 1. The van der Waals surface area contributed by atoms with Crippen LogP contribution in [-0.2, 0) is 4.79 Å². The lowest BCUT2D eigenvalue weighted by Crippen LogP contribution is -2.46. The highest BCUT2D eigenvalue weighted by Crippen LogP contribution is 2.37. The number of nitrogens with two attached hydrogens (primary N) is 1. The number of guanidine groups is 1. The first-order valence-corrected chi connectivity index (χ1v) is 9.14. The molecule has 0 unspecified atom stereocenters. The van der Waals surface area contributed by atoms with Crippen molar-refractivity contribution < 1.29 is 9.18 Å². The first-order valence-electron chi connectivity index (χ1n) is 9.14. The van der Waals surface area contributed by atoms with Crippen LogP contribution in [0.3, 0.4) is 0 Å². The van der Waals surface area contributed by atoms with Crippen molar-refractivity contribution in [3.05, 3.63) is 48.0 Å². The van der Waals surface area contributed by atoms with Crippen LogP contribution in [0.4, 0.5) is 4.39 Å². The molecule has 0 aliphatic carbocycles. The Bertz CT molecular complexity index is 857. The Labute approximate surface area is 157 Å². The van der Waals surface area contributed by atoms with Crippen molar-refractivity contribution in [3.8, 4) is 5.69 Å². The summed E-state index contributed by atoms with van der Waals surface area (Å²) >= 11 is 0. The number of aliphatic imine (C=N–C) groups is 1. The zero-order valence-electron chi connectivity index (χ0n) is 15.3. The smallest absolute Gasteiger partial charge is 0.223 e. The molecule has 142 valence electrons. The van der Waals surface area contributed by atoms with Gasteiger partial charge in [0.1, 0.15) is 5.82 Å². The Morgan fingerprint density at radius 3 is 2.74 bits per heavy atom. The van der Waals surface area contributed by atoms with Gasteiger partial charge in [-0.05, 0) is 30.7 Å². The van der Waals surface area contributed by atoms with E-state index in [1.165, 1.54) is 12.1 Å². The van der Waals surface area contributed by atoms with Gasteiger partial charge in [-0.25, -0.2) is 9.07 Å². The van der Waals surface area contributed by atoms with Gasteiger partial charge >= 0.3 is 0 Å². The highest BCUT2D eigenvalue weighted by Gasteiger charge is 2.39. The lowest BCUT2D eigenvalue weighted by molar-refractivity contribution is -0.127. The quantitative estimate of drug-likeness (QED) is 0.654. The lowest BCUT2D eigenvalue weighted by Gasteiger charge is -2.32. The van der Waals surface area contributed by atoms with Gasteiger partial charge < -0.3 is 15.5 Å². The van der Waals surface area contributed by atoms with Gasteiger partial charge in [0.15, 0.2) is 5.96 Å². The summed E-state index contributed by atoms with van der Waals surface area (Å²) in [5, 5.41) is 4.39. The maximum atomic E-state index is 13.1. The van der Waals surface area contributed by atoms with Gasteiger partial charge in [0.2, 0.25) is 5.91 Å². The first kappa shape index (κ1) is 17.5. The molecular weight excluding hydrogens is 347 g/mol. The number of benzene rings is 1. The van der Waals surface area contributed by atoms with Gasteiger partial charge in [0.25, 0.3) is 0 Å². The number of hydrogen-bond acceptors (Lipinski definition) is 3. The van der Waals surface area contributed by atoms with E-state index in [4.69, 9.17) is 5.73 Å². The third kappa shape index (κ3) is 3.39.